The summed E-state index contributed by atoms with van der Waals surface area (Å²) in [5, 5.41) is 18.4. The summed E-state index contributed by atoms with van der Waals surface area (Å²) in [6.45, 7) is 2.49. The zero-order chi connectivity index (χ0) is 12.5. The zero-order valence-electron chi connectivity index (χ0n) is 9.67. The maximum absolute atomic E-state index is 10.8. The van der Waals surface area contributed by atoms with Crippen LogP contribution >= 0.6 is 0 Å². The van der Waals surface area contributed by atoms with Crippen molar-refractivity contribution in [3.63, 3.8) is 0 Å². The third kappa shape index (κ3) is 1.76. The van der Waals surface area contributed by atoms with Gasteiger partial charge in [0.2, 0.25) is 0 Å². The predicted octanol–water partition coefficient (Wildman–Crippen LogP) is 1.56. The van der Waals surface area contributed by atoms with Gasteiger partial charge in [-0.25, -0.2) is 0 Å². The summed E-state index contributed by atoms with van der Waals surface area (Å²) in [5.74, 6) is 0. The maximum atomic E-state index is 10.8. The molecule has 0 saturated carbocycles. The molecule has 1 aromatic heterocycles. The van der Waals surface area contributed by atoms with Gasteiger partial charge in [-0.3, -0.25) is 14.8 Å². The summed E-state index contributed by atoms with van der Waals surface area (Å²) in [6.07, 6.45) is 1.78. The van der Waals surface area contributed by atoms with Crippen molar-refractivity contribution in [2.24, 2.45) is 0 Å². The molecule has 1 aliphatic heterocycles. The molecular weight excluding hydrogens is 232 g/mol. The molecule has 0 spiro atoms. The van der Waals surface area contributed by atoms with Gasteiger partial charge in [-0.05, 0) is 5.56 Å². The molecule has 2 heterocycles. The van der Waals surface area contributed by atoms with Crippen molar-refractivity contribution in [2.75, 3.05) is 6.54 Å². The lowest BCUT2D eigenvalue weighted by atomic mass is 10.1. The summed E-state index contributed by atoms with van der Waals surface area (Å²) < 4.78 is 1.95. The van der Waals surface area contributed by atoms with Crippen LogP contribution in [0.25, 0.3) is 11.1 Å². The van der Waals surface area contributed by atoms with Gasteiger partial charge in [0.15, 0.2) is 0 Å². The minimum atomic E-state index is -0.377. The Bertz CT molecular complexity index is 606. The Morgan fingerprint density at radius 3 is 3.17 bits per heavy atom. The smallest absolute Gasteiger partial charge is 0.270 e. The van der Waals surface area contributed by atoms with Gasteiger partial charge in [0.05, 0.1) is 23.4 Å². The first-order chi connectivity index (χ1) is 8.75. The van der Waals surface area contributed by atoms with Crippen LogP contribution in [0, 0.1) is 10.1 Å². The molecule has 6 nitrogen and oxygen atoms in total. The Labute approximate surface area is 103 Å². The van der Waals surface area contributed by atoms with Crippen molar-refractivity contribution >= 4 is 5.69 Å². The van der Waals surface area contributed by atoms with Gasteiger partial charge in [0.25, 0.3) is 5.69 Å². The van der Waals surface area contributed by atoms with E-state index >= 15 is 0 Å². The summed E-state index contributed by atoms with van der Waals surface area (Å²) in [7, 11) is 0. The number of benzene rings is 1. The van der Waals surface area contributed by atoms with Crippen LogP contribution < -0.4 is 5.32 Å². The van der Waals surface area contributed by atoms with Gasteiger partial charge in [-0.2, -0.15) is 5.10 Å². The van der Waals surface area contributed by atoms with Gasteiger partial charge in [0, 0.05) is 30.8 Å². The van der Waals surface area contributed by atoms with Crippen molar-refractivity contribution in [1.82, 2.24) is 15.1 Å². The average molecular weight is 244 g/mol. The van der Waals surface area contributed by atoms with Crippen LogP contribution in [0.15, 0.2) is 30.5 Å². The molecule has 18 heavy (non-hydrogen) atoms. The number of nitrogens with one attached hydrogen (secondary N) is 1. The van der Waals surface area contributed by atoms with Crippen LogP contribution in [0.4, 0.5) is 5.69 Å². The Morgan fingerprint density at radius 1 is 1.44 bits per heavy atom. The molecule has 0 radical (unpaired) electrons. The highest BCUT2D eigenvalue weighted by Gasteiger charge is 2.16. The molecule has 3 rings (SSSR count). The molecule has 0 atom stereocenters. The fourth-order valence-electron chi connectivity index (χ4n) is 2.21. The van der Waals surface area contributed by atoms with Crippen molar-refractivity contribution in [2.45, 2.75) is 13.1 Å². The molecule has 0 bridgehead atoms. The molecule has 0 saturated heterocycles. The molecule has 92 valence electrons. The quantitative estimate of drug-likeness (QED) is 0.642. The minimum Gasteiger partial charge on any atom is -0.309 e. The Hall–Kier alpha value is -2.21. The minimum absolute atomic E-state index is 0.108. The second-order valence-corrected chi connectivity index (χ2v) is 4.21. The number of nitrogens with zero attached hydrogens (tertiary/aromatic N) is 3. The summed E-state index contributed by atoms with van der Waals surface area (Å²) in [6, 6.07) is 6.66. The van der Waals surface area contributed by atoms with Crippen molar-refractivity contribution in [3.05, 3.63) is 46.3 Å². The van der Waals surface area contributed by atoms with Crippen LogP contribution in [0.2, 0.25) is 0 Å². The lowest BCUT2D eigenvalue weighted by molar-refractivity contribution is -0.384. The van der Waals surface area contributed by atoms with Crippen molar-refractivity contribution < 1.29 is 4.92 Å². The van der Waals surface area contributed by atoms with Crippen molar-refractivity contribution in [1.29, 1.82) is 0 Å². The second-order valence-electron chi connectivity index (χ2n) is 4.21. The van der Waals surface area contributed by atoms with Crippen molar-refractivity contribution in [3.8, 4) is 11.1 Å². The van der Waals surface area contributed by atoms with E-state index < -0.39 is 0 Å². The predicted molar refractivity (Wildman–Crippen MR) is 66.0 cm³/mol. The third-order valence-corrected chi connectivity index (χ3v) is 3.11. The van der Waals surface area contributed by atoms with E-state index in [1.807, 2.05) is 10.7 Å². The van der Waals surface area contributed by atoms with Crippen LogP contribution in [-0.4, -0.2) is 21.2 Å². The van der Waals surface area contributed by atoms with E-state index in [0.717, 1.165) is 36.5 Å². The van der Waals surface area contributed by atoms with E-state index in [2.05, 4.69) is 10.4 Å². The normalized spacial score (nSPS) is 14.2. The van der Waals surface area contributed by atoms with Gasteiger partial charge >= 0.3 is 0 Å². The van der Waals surface area contributed by atoms with Gasteiger partial charge in [-0.15, -0.1) is 0 Å². The Morgan fingerprint density at radius 2 is 2.33 bits per heavy atom. The topological polar surface area (TPSA) is 73.0 Å². The fourth-order valence-corrected chi connectivity index (χ4v) is 2.21. The number of rotatable bonds is 2. The molecular formula is C12H12N4O2. The van der Waals surface area contributed by atoms with E-state index in [-0.39, 0.29) is 10.6 Å². The van der Waals surface area contributed by atoms with E-state index in [4.69, 9.17) is 0 Å². The number of aromatic nitrogens is 2. The highest BCUT2D eigenvalue weighted by Crippen LogP contribution is 2.27. The summed E-state index contributed by atoms with van der Waals surface area (Å²) >= 11 is 0. The van der Waals surface area contributed by atoms with Gasteiger partial charge in [-0.1, -0.05) is 12.1 Å². The van der Waals surface area contributed by atoms with E-state index in [1.54, 1.807) is 18.3 Å². The lowest BCUT2D eigenvalue weighted by Gasteiger charge is -2.16. The van der Waals surface area contributed by atoms with E-state index in [1.165, 1.54) is 6.07 Å². The van der Waals surface area contributed by atoms with Gasteiger partial charge in [0.1, 0.15) is 0 Å². The summed E-state index contributed by atoms with van der Waals surface area (Å²) in [5.41, 5.74) is 3.00. The lowest BCUT2D eigenvalue weighted by Crippen LogP contribution is -2.28. The third-order valence-electron chi connectivity index (χ3n) is 3.11. The first kappa shape index (κ1) is 10.9. The molecule has 0 fully saturated rings. The number of hydrogen-bond acceptors (Lipinski definition) is 4. The zero-order valence-corrected chi connectivity index (χ0v) is 9.67. The Balaban J connectivity index is 2.07. The second kappa shape index (κ2) is 4.23. The fraction of sp³-hybridized carbons (Fsp3) is 0.250. The average Bonchev–Trinajstić information content (AvgIpc) is 2.82. The molecule has 2 aromatic rings. The number of fused-ring (bicyclic) bond motifs is 1. The molecule has 0 aliphatic carbocycles. The highest BCUT2D eigenvalue weighted by atomic mass is 16.6. The number of hydrogen-bond donors (Lipinski definition) is 1. The molecule has 1 aliphatic rings. The number of nitro groups is 1. The number of non-ortho nitro benzene ring substituents is 1. The largest absolute Gasteiger partial charge is 0.309 e. The van der Waals surface area contributed by atoms with Crippen LogP contribution in [-0.2, 0) is 13.1 Å². The molecule has 1 N–H and O–H groups in total. The molecule has 1 aromatic carbocycles. The van der Waals surface area contributed by atoms with E-state index in [9.17, 15) is 10.1 Å². The first-order valence-corrected chi connectivity index (χ1v) is 5.76. The summed E-state index contributed by atoms with van der Waals surface area (Å²) in [4.78, 5) is 10.4. The highest BCUT2D eigenvalue weighted by molar-refractivity contribution is 5.68. The number of nitro benzene ring substituents is 1. The standard InChI is InChI=1S/C12H12N4O2/c17-16(18)10-3-1-2-9(6-10)11-7-14-15-5-4-13-8-12(11)15/h1-3,6-7,13H,4-5,8H2. The maximum Gasteiger partial charge on any atom is 0.270 e. The van der Waals surface area contributed by atoms with Crippen LogP contribution in [0.5, 0.6) is 0 Å². The van der Waals surface area contributed by atoms with Crippen LogP contribution in [0.3, 0.4) is 0 Å². The van der Waals surface area contributed by atoms with E-state index in [0.29, 0.717) is 0 Å². The molecule has 6 heteroatoms. The Kier molecular flexibility index (Phi) is 2.56. The first-order valence-electron chi connectivity index (χ1n) is 5.76. The van der Waals surface area contributed by atoms with Gasteiger partial charge < -0.3 is 5.32 Å². The molecule has 0 unspecified atom stereocenters. The molecule has 0 amide bonds. The van der Waals surface area contributed by atoms with Crippen LogP contribution in [0.1, 0.15) is 5.69 Å². The monoisotopic (exact) mass is 244 g/mol. The SMILES string of the molecule is O=[N+]([O-])c1cccc(-c2cnn3c2CNCC3)c1.